The summed E-state index contributed by atoms with van der Waals surface area (Å²) in [6.07, 6.45) is -4.77. The summed E-state index contributed by atoms with van der Waals surface area (Å²) in [5, 5.41) is 17.0. The molecule has 1 heterocycles. The van der Waals surface area contributed by atoms with E-state index in [4.69, 9.17) is 25.4 Å². The number of nitriles is 2. The number of hydrogen-bond acceptors (Lipinski definition) is 7. The number of nitrogens with two attached hydrogens (primary N) is 1. The molecule has 0 unspecified atom stereocenters. The zero-order chi connectivity index (χ0) is 30.7. The second-order valence-corrected chi connectivity index (χ2v) is 7.74. The van der Waals surface area contributed by atoms with Gasteiger partial charge in [0.2, 0.25) is 5.76 Å². The summed E-state index contributed by atoms with van der Waals surface area (Å²) in [7, 11) is 0. The molecule has 0 atom stereocenters. The number of nitrogens with zero attached hydrogens (tertiary/aromatic N) is 2. The summed E-state index contributed by atoms with van der Waals surface area (Å²) >= 11 is 0. The lowest BCUT2D eigenvalue weighted by atomic mass is 10.1. The molecular weight excluding hydrogens is 556 g/mol. The van der Waals surface area contributed by atoms with E-state index in [-0.39, 0.29) is 45.9 Å². The van der Waals surface area contributed by atoms with E-state index in [1.165, 1.54) is 30.3 Å². The van der Waals surface area contributed by atoms with Gasteiger partial charge in [-0.3, -0.25) is 4.79 Å². The standard InChI is InChI=1S/C12H11F2NO3.C8H4F3N.C8H4FNO/c1-2-17-12(16)10-9(15)7-4-3-6(11(13)14)5-8(7)18-10;9-7-3-5(8(10)11)1-2-6(7)4-12;9-8-3-6(5-11)1-2-7(8)4-10/h3-5,11H,2,15H2,1H3;1-3,8H;1-3,5H. The monoisotopic (exact) mass is 575 g/mol. The van der Waals surface area contributed by atoms with Gasteiger partial charge in [-0.25, -0.2) is 31.1 Å². The first-order chi connectivity index (χ1) is 19.5. The largest absolute Gasteiger partial charge is 0.460 e. The molecule has 0 saturated heterocycles. The van der Waals surface area contributed by atoms with E-state index in [0.29, 0.717) is 17.7 Å². The Kier molecular flexibility index (Phi) is 11.5. The minimum atomic E-state index is -2.70. The average molecular weight is 575 g/mol. The van der Waals surface area contributed by atoms with Crippen LogP contribution in [0, 0.1) is 34.3 Å². The van der Waals surface area contributed by atoms with E-state index in [9.17, 15) is 35.9 Å². The molecule has 0 aliphatic rings. The molecule has 0 radical (unpaired) electrons. The summed E-state index contributed by atoms with van der Waals surface area (Å²) in [5.74, 6) is -2.42. The fourth-order valence-corrected chi connectivity index (χ4v) is 3.07. The maximum atomic E-state index is 12.7. The van der Waals surface area contributed by atoms with E-state index in [1.54, 1.807) is 19.1 Å². The molecule has 212 valence electrons. The number of aldehydes is 1. The molecule has 3 aromatic carbocycles. The molecule has 0 spiro atoms. The number of anilines is 1. The van der Waals surface area contributed by atoms with Crippen LogP contribution in [-0.2, 0) is 4.74 Å². The Bertz CT molecular complexity index is 1620. The van der Waals surface area contributed by atoms with Gasteiger partial charge < -0.3 is 14.9 Å². The van der Waals surface area contributed by atoms with E-state index in [1.807, 2.05) is 0 Å². The lowest BCUT2D eigenvalue weighted by Gasteiger charge is -1.99. The Morgan fingerprint density at radius 1 is 0.927 bits per heavy atom. The molecule has 2 N–H and O–H groups in total. The summed E-state index contributed by atoms with van der Waals surface area (Å²) in [5.41, 5.74) is 5.33. The van der Waals surface area contributed by atoms with E-state index in [2.05, 4.69) is 0 Å². The summed E-state index contributed by atoms with van der Waals surface area (Å²) < 4.78 is 84.1. The van der Waals surface area contributed by atoms with Gasteiger partial charge in [-0.15, -0.1) is 0 Å². The maximum absolute atomic E-state index is 12.7. The zero-order valence-corrected chi connectivity index (χ0v) is 21.0. The third-order valence-corrected chi connectivity index (χ3v) is 5.08. The number of halogens is 6. The second-order valence-electron chi connectivity index (χ2n) is 7.74. The molecule has 1 aromatic heterocycles. The third kappa shape index (κ3) is 8.34. The number of benzene rings is 3. The highest BCUT2D eigenvalue weighted by Crippen LogP contribution is 2.32. The normalized spacial score (nSPS) is 10.1. The first-order valence-corrected chi connectivity index (χ1v) is 11.4. The van der Waals surface area contributed by atoms with Crippen molar-refractivity contribution < 1.29 is 45.1 Å². The van der Waals surface area contributed by atoms with Crippen LogP contribution in [-0.4, -0.2) is 18.9 Å². The van der Waals surface area contributed by atoms with E-state index < -0.39 is 36.0 Å². The quantitative estimate of drug-likeness (QED) is 0.150. The number of rotatable bonds is 5. The van der Waals surface area contributed by atoms with Crippen LogP contribution in [0.5, 0.6) is 0 Å². The predicted molar refractivity (Wildman–Crippen MR) is 134 cm³/mol. The summed E-state index contributed by atoms with van der Waals surface area (Å²) in [6, 6.07) is 13.5. The maximum Gasteiger partial charge on any atom is 0.376 e. The van der Waals surface area contributed by atoms with Crippen molar-refractivity contribution in [3.63, 3.8) is 0 Å². The van der Waals surface area contributed by atoms with Gasteiger partial charge in [0.1, 0.15) is 35.6 Å². The molecule has 0 saturated carbocycles. The fraction of sp³-hybridized carbons (Fsp3) is 0.143. The molecule has 0 amide bonds. The number of esters is 1. The molecule has 0 bridgehead atoms. The van der Waals surface area contributed by atoms with Crippen LogP contribution in [0.2, 0.25) is 0 Å². The number of nitrogen functional groups attached to an aromatic ring is 1. The lowest BCUT2D eigenvalue weighted by Crippen LogP contribution is -2.05. The van der Waals surface area contributed by atoms with Crippen molar-refractivity contribution in [2.75, 3.05) is 12.3 Å². The van der Waals surface area contributed by atoms with Crippen LogP contribution in [0.25, 0.3) is 11.0 Å². The number of carbonyl (C=O) groups excluding carboxylic acids is 2. The Morgan fingerprint density at radius 3 is 1.95 bits per heavy atom. The molecule has 13 heteroatoms. The molecule has 41 heavy (non-hydrogen) atoms. The van der Waals surface area contributed by atoms with Gasteiger partial charge in [-0.1, -0.05) is 18.2 Å². The van der Waals surface area contributed by atoms with Crippen molar-refractivity contribution in [1.29, 1.82) is 10.5 Å². The molecule has 4 rings (SSSR count). The van der Waals surface area contributed by atoms with Crippen molar-refractivity contribution in [3.8, 4) is 12.1 Å². The van der Waals surface area contributed by atoms with Crippen LogP contribution in [0.1, 0.15) is 62.9 Å². The van der Waals surface area contributed by atoms with Crippen LogP contribution in [0.15, 0.2) is 59.0 Å². The van der Waals surface area contributed by atoms with Crippen molar-refractivity contribution in [1.82, 2.24) is 0 Å². The van der Waals surface area contributed by atoms with Crippen LogP contribution >= 0.6 is 0 Å². The van der Waals surface area contributed by atoms with Gasteiger partial charge in [-0.2, -0.15) is 10.5 Å². The van der Waals surface area contributed by atoms with E-state index >= 15 is 0 Å². The predicted octanol–water partition coefficient (Wildman–Crippen LogP) is 7.27. The highest BCUT2D eigenvalue weighted by Gasteiger charge is 2.20. The molecular formula is C28H19F6N3O4. The molecule has 4 aromatic rings. The van der Waals surface area contributed by atoms with Gasteiger partial charge in [0.05, 0.1) is 23.4 Å². The van der Waals surface area contributed by atoms with Crippen molar-refractivity contribution in [3.05, 3.63) is 99.8 Å². The SMILES string of the molecule is CCOC(=O)c1oc2cc(C(F)F)ccc2c1N.N#Cc1ccc(C(F)F)cc1F.N#Cc1ccc(C=O)cc1F. The van der Waals surface area contributed by atoms with E-state index in [0.717, 1.165) is 18.2 Å². The molecule has 0 fully saturated rings. The van der Waals surface area contributed by atoms with Gasteiger partial charge in [0.15, 0.2) is 0 Å². The second kappa shape index (κ2) is 14.7. The minimum absolute atomic E-state index is 0.0457. The number of alkyl halides is 4. The minimum Gasteiger partial charge on any atom is -0.460 e. The highest BCUT2D eigenvalue weighted by atomic mass is 19.3. The van der Waals surface area contributed by atoms with Gasteiger partial charge >= 0.3 is 5.97 Å². The van der Waals surface area contributed by atoms with Crippen LogP contribution < -0.4 is 5.73 Å². The van der Waals surface area contributed by atoms with Crippen molar-refractivity contribution in [2.45, 2.75) is 19.8 Å². The number of carbonyl (C=O) groups is 2. The zero-order valence-electron chi connectivity index (χ0n) is 21.0. The van der Waals surface area contributed by atoms with Gasteiger partial charge in [-0.05, 0) is 43.3 Å². The average Bonchev–Trinajstić information content (AvgIpc) is 3.29. The third-order valence-electron chi connectivity index (χ3n) is 5.08. The first kappa shape index (κ1) is 31.9. The number of ether oxygens (including phenoxy) is 1. The van der Waals surface area contributed by atoms with Crippen molar-refractivity contribution >= 4 is 28.9 Å². The van der Waals surface area contributed by atoms with Gasteiger partial charge in [0, 0.05) is 22.1 Å². The summed E-state index contributed by atoms with van der Waals surface area (Å²) in [4.78, 5) is 21.6. The van der Waals surface area contributed by atoms with Gasteiger partial charge in [0.25, 0.3) is 12.9 Å². The molecule has 0 aliphatic heterocycles. The Hall–Kier alpha value is -5.30. The first-order valence-electron chi connectivity index (χ1n) is 11.4. The molecule has 7 nitrogen and oxygen atoms in total. The number of furan rings is 1. The van der Waals surface area contributed by atoms with Crippen molar-refractivity contribution in [2.24, 2.45) is 0 Å². The lowest BCUT2D eigenvalue weighted by molar-refractivity contribution is 0.0494. The number of fused-ring (bicyclic) bond motifs is 1. The highest BCUT2D eigenvalue weighted by molar-refractivity contribution is 6.03. The number of hydrogen-bond donors (Lipinski definition) is 1. The summed E-state index contributed by atoms with van der Waals surface area (Å²) in [6.45, 7) is 1.82. The Labute approximate surface area is 229 Å². The fourth-order valence-electron chi connectivity index (χ4n) is 3.07. The van der Waals surface area contributed by atoms with Crippen LogP contribution in [0.3, 0.4) is 0 Å². The Morgan fingerprint density at radius 2 is 1.46 bits per heavy atom. The van der Waals surface area contributed by atoms with Crippen LogP contribution in [0.4, 0.5) is 32.0 Å². The topological polar surface area (TPSA) is 130 Å². The Balaban J connectivity index is 0.000000225. The molecule has 0 aliphatic carbocycles. The smallest absolute Gasteiger partial charge is 0.376 e.